The molecule has 0 amide bonds. The Morgan fingerprint density at radius 1 is 1.26 bits per heavy atom. The zero-order valence-corrected chi connectivity index (χ0v) is 11.5. The first-order valence-electron chi connectivity index (χ1n) is 7.16. The molecule has 0 bridgehead atoms. The molecule has 1 N–H and O–H groups in total. The molecule has 1 saturated carbocycles. The van der Waals surface area contributed by atoms with Crippen LogP contribution in [0.4, 0.5) is 11.4 Å². The molecule has 19 heavy (non-hydrogen) atoms. The molecule has 2 rings (SSSR count). The number of nitrogens with zero attached hydrogens (tertiary/aromatic N) is 1. The SMILES string of the molecule is Cc1ccc(NCC2CCCCCC2)c([N+](=O)[O-])c1. The summed E-state index contributed by atoms with van der Waals surface area (Å²) in [6.45, 7) is 2.73. The van der Waals surface area contributed by atoms with E-state index in [1.165, 1.54) is 38.5 Å². The normalized spacial score (nSPS) is 16.9. The van der Waals surface area contributed by atoms with Crippen molar-refractivity contribution < 1.29 is 4.92 Å². The molecule has 0 spiro atoms. The van der Waals surface area contributed by atoms with Gasteiger partial charge < -0.3 is 5.32 Å². The summed E-state index contributed by atoms with van der Waals surface area (Å²) in [5.41, 5.74) is 1.76. The van der Waals surface area contributed by atoms with Gasteiger partial charge in [0.1, 0.15) is 5.69 Å². The lowest BCUT2D eigenvalue weighted by Gasteiger charge is -2.15. The number of anilines is 1. The van der Waals surface area contributed by atoms with Crippen LogP contribution in [0.15, 0.2) is 18.2 Å². The van der Waals surface area contributed by atoms with Crippen molar-refractivity contribution in [2.45, 2.75) is 45.4 Å². The minimum absolute atomic E-state index is 0.189. The van der Waals surface area contributed by atoms with Crippen LogP contribution in [0.1, 0.15) is 44.1 Å². The van der Waals surface area contributed by atoms with E-state index in [9.17, 15) is 10.1 Å². The number of nitro groups is 1. The molecule has 104 valence electrons. The lowest BCUT2D eigenvalue weighted by atomic mass is 10.0. The van der Waals surface area contributed by atoms with Crippen LogP contribution < -0.4 is 5.32 Å². The predicted molar refractivity (Wildman–Crippen MR) is 77.5 cm³/mol. The number of benzene rings is 1. The first-order chi connectivity index (χ1) is 9.16. The molecule has 0 aromatic heterocycles. The van der Waals surface area contributed by atoms with Crippen molar-refractivity contribution in [3.8, 4) is 0 Å². The van der Waals surface area contributed by atoms with Gasteiger partial charge in [0.2, 0.25) is 0 Å². The molecule has 4 heteroatoms. The van der Waals surface area contributed by atoms with Crippen LogP contribution in [0.3, 0.4) is 0 Å². The molecule has 1 aliphatic carbocycles. The smallest absolute Gasteiger partial charge is 0.292 e. The molecule has 0 heterocycles. The fourth-order valence-corrected chi connectivity index (χ4v) is 2.76. The highest BCUT2D eigenvalue weighted by Gasteiger charge is 2.16. The van der Waals surface area contributed by atoms with Crippen LogP contribution in [0.2, 0.25) is 0 Å². The van der Waals surface area contributed by atoms with Gasteiger partial charge in [0.05, 0.1) is 4.92 Å². The Morgan fingerprint density at radius 3 is 2.58 bits per heavy atom. The van der Waals surface area contributed by atoms with Crippen LogP contribution in [0.5, 0.6) is 0 Å². The molecule has 1 aromatic rings. The highest BCUT2D eigenvalue weighted by molar-refractivity contribution is 5.62. The molecule has 1 aromatic carbocycles. The van der Waals surface area contributed by atoms with Crippen molar-refractivity contribution in [3.05, 3.63) is 33.9 Å². The van der Waals surface area contributed by atoms with Gasteiger partial charge in [-0.2, -0.15) is 0 Å². The van der Waals surface area contributed by atoms with Gasteiger partial charge in [-0.1, -0.05) is 31.7 Å². The third-order valence-corrected chi connectivity index (χ3v) is 3.91. The Kier molecular flexibility index (Phi) is 4.77. The van der Waals surface area contributed by atoms with Crippen LogP contribution in [0, 0.1) is 23.0 Å². The van der Waals surface area contributed by atoms with E-state index in [0.29, 0.717) is 11.6 Å². The Labute approximate surface area is 114 Å². The molecular formula is C15H22N2O2. The summed E-state index contributed by atoms with van der Waals surface area (Å²) >= 11 is 0. The zero-order chi connectivity index (χ0) is 13.7. The first kappa shape index (κ1) is 13.8. The molecule has 0 unspecified atom stereocenters. The van der Waals surface area contributed by atoms with E-state index in [2.05, 4.69) is 5.32 Å². The monoisotopic (exact) mass is 262 g/mol. The summed E-state index contributed by atoms with van der Waals surface area (Å²) in [6.07, 6.45) is 7.74. The zero-order valence-electron chi connectivity index (χ0n) is 11.5. The fraction of sp³-hybridized carbons (Fsp3) is 0.600. The van der Waals surface area contributed by atoms with Crippen LogP contribution in [-0.4, -0.2) is 11.5 Å². The summed E-state index contributed by atoms with van der Waals surface area (Å²) in [7, 11) is 0. The first-order valence-corrected chi connectivity index (χ1v) is 7.16. The van der Waals surface area contributed by atoms with Crippen LogP contribution >= 0.6 is 0 Å². The lowest BCUT2D eigenvalue weighted by Crippen LogP contribution is -2.14. The van der Waals surface area contributed by atoms with Crippen molar-refractivity contribution in [2.24, 2.45) is 5.92 Å². The van der Waals surface area contributed by atoms with Gasteiger partial charge in [-0.05, 0) is 37.3 Å². The fourth-order valence-electron chi connectivity index (χ4n) is 2.76. The molecule has 0 radical (unpaired) electrons. The number of rotatable bonds is 4. The van der Waals surface area contributed by atoms with Gasteiger partial charge in [0, 0.05) is 12.6 Å². The number of nitrogens with one attached hydrogen (secondary N) is 1. The number of hydrogen-bond donors (Lipinski definition) is 1. The largest absolute Gasteiger partial charge is 0.379 e. The van der Waals surface area contributed by atoms with Crippen LogP contribution in [-0.2, 0) is 0 Å². The molecule has 1 aliphatic rings. The van der Waals surface area contributed by atoms with Gasteiger partial charge in [-0.15, -0.1) is 0 Å². The summed E-state index contributed by atoms with van der Waals surface area (Å²) in [5.74, 6) is 0.656. The Hall–Kier alpha value is -1.58. The average Bonchev–Trinajstić information content (AvgIpc) is 2.65. The third kappa shape index (κ3) is 3.94. The topological polar surface area (TPSA) is 55.2 Å². The van der Waals surface area contributed by atoms with E-state index >= 15 is 0 Å². The molecule has 4 nitrogen and oxygen atoms in total. The van der Waals surface area contributed by atoms with Crippen molar-refractivity contribution in [1.82, 2.24) is 0 Å². The number of aryl methyl sites for hydroxylation is 1. The van der Waals surface area contributed by atoms with E-state index in [1.54, 1.807) is 6.07 Å². The third-order valence-electron chi connectivity index (χ3n) is 3.91. The highest BCUT2D eigenvalue weighted by atomic mass is 16.6. The minimum Gasteiger partial charge on any atom is -0.379 e. The minimum atomic E-state index is -0.303. The van der Waals surface area contributed by atoms with Gasteiger partial charge in [-0.3, -0.25) is 10.1 Å². The molecule has 1 fully saturated rings. The summed E-state index contributed by atoms with van der Waals surface area (Å²) in [4.78, 5) is 10.7. The maximum absolute atomic E-state index is 11.0. The predicted octanol–water partition coefficient (Wildman–Crippen LogP) is 4.29. The van der Waals surface area contributed by atoms with Gasteiger partial charge in [0.25, 0.3) is 5.69 Å². The maximum atomic E-state index is 11.0. The van der Waals surface area contributed by atoms with Gasteiger partial charge >= 0.3 is 0 Å². The Morgan fingerprint density at radius 2 is 1.95 bits per heavy atom. The molecular weight excluding hydrogens is 240 g/mol. The summed E-state index contributed by atoms with van der Waals surface area (Å²) in [5, 5.41) is 14.3. The average molecular weight is 262 g/mol. The quantitative estimate of drug-likeness (QED) is 0.500. The van der Waals surface area contributed by atoms with E-state index < -0.39 is 0 Å². The number of nitro benzene ring substituents is 1. The second kappa shape index (κ2) is 6.55. The Bertz CT molecular complexity index is 438. The van der Waals surface area contributed by atoms with E-state index in [0.717, 1.165) is 12.1 Å². The standard InChI is InChI=1S/C15H22N2O2/c1-12-8-9-14(15(10-12)17(18)19)16-11-13-6-4-2-3-5-7-13/h8-10,13,16H,2-7,11H2,1H3. The van der Waals surface area contributed by atoms with Crippen molar-refractivity contribution in [3.63, 3.8) is 0 Å². The van der Waals surface area contributed by atoms with Gasteiger partial charge in [0.15, 0.2) is 0 Å². The second-order valence-electron chi connectivity index (χ2n) is 5.52. The summed E-state index contributed by atoms with van der Waals surface area (Å²) < 4.78 is 0. The molecule has 0 atom stereocenters. The lowest BCUT2D eigenvalue weighted by molar-refractivity contribution is -0.384. The van der Waals surface area contributed by atoms with E-state index in [4.69, 9.17) is 0 Å². The van der Waals surface area contributed by atoms with Crippen LogP contribution in [0.25, 0.3) is 0 Å². The van der Waals surface area contributed by atoms with E-state index in [-0.39, 0.29) is 10.6 Å². The summed E-state index contributed by atoms with van der Waals surface area (Å²) in [6, 6.07) is 5.38. The maximum Gasteiger partial charge on any atom is 0.292 e. The van der Waals surface area contributed by atoms with E-state index in [1.807, 2.05) is 19.1 Å². The highest BCUT2D eigenvalue weighted by Crippen LogP contribution is 2.27. The van der Waals surface area contributed by atoms with Crippen molar-refractivity contribution in [1.29, 1.82) is 0 Å². The second-order valence-corrected chi connectivity index (χ2v) is 5.52. The van der Waals surface area contributed by atoms with Crippen molar-refractivity contribution in [2.75, 3.05) is 11.9 Å². The molecule has 0 aliphatic heterocycles. The number of hydrogen-bond acceptors (Lipinski definition) is 3. The Balaban J connectivity index is 2.00. The van der Waals surface area contributed by atoms with Gasteiger partial charge in [-0.25, -0.2) is 0 Å². The van der Waals surface area contributed by atoms with Crippen molar-refractivity contribution >= 4 is 11.4 Å². The molecule has 0 saturated heterocycles.